The zero-order valence-corrected chi connectivity index (χ0v) is 26.4. The van der Waals surface area contributed by atoms with Gasteiger partial charge >= 0.3 is 5.97 Å². The molecule has 1 aliphatic heterocycles. The largest absolute Gasteiger partial charge is 0.459 e. The summed E-state index contributed by atoms with van der Waals surface area (Å²) in [7, 11) is -2.34. The van der Waals surface area contributed by atoms with E-state index in [0.29, 0.717) is 33.7 Å². The number of nitrogens with zero attached hydrogens (tertiary/aromatic N) is 2. The van der Waals surface area contributed by atoms with Crippen LogP contribution in [0.4, 0.5) is 10.1 Å². The minimum absolute atomic E-state index is 0.132. The van der Waals surface area contributed by atoms with Gasteiger partial charge in [-0.1, -0.05) is 0 Å². The third kappa shape index (κ3) is 6.67. The van der Waals surface area contributed by atoms with Gasteiger partial charge in [0.15, 0.2) is 0 Å². The fourth-order valence-electron chi connectivity index (χ4n) is 5.39. The average molecular weight is 660 g/mol. The first kappa shape index (κ1) is 31.7. The Kier molecular flexibility index (Phi) is 8.67. The number of furan rings is 1. The van der Waals surface area contributed by atoms with Crippen molar-refractivity contribution in [3.8, 4) is 22.8 Å². The second kappa shape index (κ2) is 12.9. The lowest BCUT2D eigenvalue weighted by molar-refractivity contribution is -0.0337. The van der Waals surface area contributed by atoms with Gasteiger partial charge in [0.2, 0.25) is 10.0 Å². The molecule has 13 heteroatoms. The van der Waals surface area contributed by atoms with Gasteiger partial charge in [-0.3, -0.25) is 14.1 Å². The number of aromatic nitrogens is 1. The number of hydrogen-bond acceptors (Lipinski definition) is 9. The molecule has 242 valence electrons. The molecule has 0 saturated heterocycles. The average Bonchev–Trinajstić information content (AvgIpc) is 3.37. The molecule has 1 amide bonds. The number of pyridine rings is 1. The van der Waals surface area contributed by atoms with E-state index in [-0.39, 0.29) is 41.4 Å². The minimum atomic E-state index is -3.84. The summed E-state index contributed by atoms with van der Waals surface area (Å²) < 4.78 is 64.4. The topological polar surface area (TPSA) is 137 Å². The molecule has 6 rings (SSSR count). The van der Waals surface area contributed by atoms with Crippen LogP contribution in [0.5, 0.6) is 11.5 Å². The van der Waals surface area contributed by atoms with Crippen LogP contribution < -0.4 is 14.4 Å². The number of nitrogens with one attached hydrogen (secondary N) is 1. The van der Waals surface area contributed by atoms with E-state index in [9.17, 15) is 22.4 Å². The Bertz CT molecular complexity index is 2050. The number of ether oxygens (including phenoxy) is 3. The number of carbonyl (C=O) groups excluding carboxylic acids is 2. The highest BCUT2D eigenvalue weighted by molar-refractivity contribution is 7.92. The number of fused-ring (bicyclic) bond motifs is 2. The molecule has 2 aromatic heterocycles. The number of carbonyl (C=O) groups is 2. The highest BCUT2D eigenvalue weighted by atomic mass is 32.2. The van der Waals surface area contributed by atoms with Crippen LogP contribution in [0.15, 0.2) is 89.6 Å². The van der Waals surface area contributed by atoms with Crippen molar-refractivity contribution in [3.63, 3.8) is 0 Å². The minimum Gasteiger partial charge on any atom is -0.459 e. The number of amides is 1. The van der Waals surface area contributed by atoms with E-state index in [1.165, 1.54) is 48.0 Å². The molecule has 47 heavy (non-hydrogen) atoms. The van der Waals surface area contributed by atoms with Crippen molar-refractivity contribution in [1.29, 1.82) is 0 Å². The molecular weight excluding hydrogens is 629 g/mol. The van der Waals surface area contributed by atoms with E-state index in [2.05, 4.69) is 10.3 Å². The van der Waals surface area contributed by atoms with E-state index < -0.39 is 34.1 Å². The Morgan fingerprint density at radius 3 is 2.40 bits per heavy atom. The summed E-state index contributed by atoms with van der Waals surface area (Å²) >= 11 is 0. The Morgan fingerprint density at radius 1 is 1.06 bits per heavy atom. The van der Waals surface area contributed by atoms with E-state index >= 15 is 0 Å². The van der Waals surface area contributed by atoms with Crippen LogP contribution in [0, 0.1) is 5.82 Å². The third-order valence-corrected chi connectivity index (χ3v) is 8.77. The SMILES string of the molecule is CNC(=O)c1c(-c2ccc(Oc3ccc(F)cc3)cc2)oc2cc3c(cc12)[C@H](C)O[C@H](COC(=O)c1cccnc1)CN3S(C)(=O)=O. The van der Waals surface area contributed by atoms with Gasteiger partial charge in [-0.25, -0.2) is 17.6 Å². The molecule has 0 fully saturated rings. The van der Waals surface area contributed by atoms with Crippen molar-refractivity contribution in [1.82, 2.24) is 10.3 Å². The van der Waals surface area contributed by atoms with Crippen LogP contribution in [0.1, 0.15) is 39.3 Å². The van der Waals surface area contributed by atoms with Crippen molar-refractivity contribution in [2.45, 2.75) is 19.1 Å². The summed E-state index contributed by atoms with van der Waals surface area (Å²) in [5.41, 5.74) is 2.18. The van der Waals surface area contributed by atoms with Gasteiger partial charge in [0.25, 0.3) is 5.91 Å². The van der Waals surface area contributed by atoms with Crippen molar-refractivity contribution in [3.05, 3.63) is 108 Å². The number of hydrogen-bond donors (Lipinski definition) is 1. The monoisotopic (exact) mass is 659 g/mol. The van der Waals surface area contributed by atoms with Crippen LogP contribution in [-0.4, -0.2) is 57.8 Å². The second-order valence-electron chi connectivity index (χ2n) is 10.9. The maximum Gasteiger partial charge on any atom is 0.339 e. The number of halogens is 1. The van der Waals surface area contributed by atoms with Gasteiger partial charge in [-0.05, 0) is 73.7 Å². The molecule has 5 aromatic rings. The van der Waals surface area contributed by atoms with Gasteiger partial charge in [-0.15, -0.1) is 0 Å². The molecule has 0 radical (unpaired) electrons. The summed E-state index contributed by atoms with van der Waals surface area (Å²) in [6, 6.07) is 18.9. The zero-order valence-electron chi connectivity index (χ0n) is 25.6. The highest BCUT2D eigenvalue weighted by Gasteiger charge is 2.34. The first-order valence-electron chi connectivity index (χ1n) is 14.6. The maximum absolute atomic E-state index is 13.3. The zero-order chi connectivity index (χ0) is 33.3. The van der Waals surface area contributed by atoms with Gasteiger partial charge in [-0.2, -0.15) is 0 Å². The summed E-state index contributed by atoms with van der Waals surface area (Å²) in [5, 5.41) is 3.11. The quantitative estimate of drug-likeness (QED) is 0.203. The lowest BCUT2D eigenvalue weighted by Gasteiger charge is -2.24. The van der Waals surface area contributed by atoms with E-state index in [1.54, 1.807) is 55.5 Å². The summed E-state index contributed by atoms with van der Waals surface area (Å²) in [6.45, 7) is 1.42. The fourth-order valence-corrected chi connectivity index (χ4v) is 6.34. The van der Waals surface area contributed by atoms with Gasteiger partial charge < -0.3 is 23.9 Å². The second-order valence-corrected chi connectivity index (χ2v) is 12.8. The van der Waals surface area contributed by atoms with E-state index in [4.69, 9.17) is 18.6 Å². The summed E-state index contributed by atoms with van der Waals surface area (Å²) in [5.74, 6) is -0.187. The maximum atomic E-state index is 13.3. The lowest BCUT2D eigenvalue weighted by atomic mass is 10.0. The van der Waals surface area contributed by atoms with Crippen molar-refractivity contribution in [2.75, 3.05) is 30.8 Å². The van der Waals surface area contributed by atoms with Crippen molar-refractivity contribution < 1.29 is 41.0 Å². The Labute approximate surface area is 269 Å². The lowest BCUT2D eigenvalue weighted by Crippen LogP contribution is -2.39. The van der Waals surface area contributed by atoms with Crippen molar-refractivity contribution >= 4 is 38.6 Å². The number of anilines is 1. The Balaban J connectivity index is 1.35. The Hall–Kier alpha value is -5.27. The first-order valence-corrected chi connectivity index (χ1v) is 16.4. The molecule has 2 atom stereocenters. The predicted molar refractivity (Wildman–Crippen MR) is 172 cm³/mol. The summed E-state index contributed by atoms with van der Waals surface area (Å²) in [4.78, 5) is 29.7. The number of rotatable bonds is 8. The van der Waals surface area contributed by atoms with Gasteiger partial charge in [0.05, 0.1) is 35.7 Å². The van der Waals surface area contributed by atoms with E-state index in [0.717, 1.165) is 6.26 Å². The molecule has 0 bridgehead atoms. The molecule has 0 saturated carbocycles. The molecular formula is C34H30FN3O8S. The normalized spacial score (nSPS) is 16.3. The highest BCUT2D eigenvalue weighted by Crippen LogP contribution is 2.42. The molecule has 3 heterocycles. The van der Waals surface area contributed by atoms with Crippen LogP contribution in [0.2, 0.25) is 0 Å². The van der Waals surface area contributed by atoms with Crippen molar-refractivity contribution in [2.24, 2.45) is 0 Å². The molecule has 0 aliphatic carbocycles. The predicted octanol–water partition coefficient (Wildman–Crippen LogP) is 5.87. The van der Waals surface area contributed by atoms with Crippen LogP contribution in [-0.2, 0) is 19.5 Å². The number of esters is 1. The summed E-state index contributed by atoms with van der Waals surface area (Å²) in [6.07, 6.45) is 2.53. The van der Waals surface area contributed by atoms with Crippen LogP contribution in [0.3, 0.4) is 0 Å². The number of sulfonamides is 1. The van der Waals surface area contributed by atoms with Crippen LogP contribution in [0.25, 0.3) is 22.3 Å². The van der Waals surface area contributed by atoms with Crippen LogP contribution >= 0.6 is 0 Å². The first-order chi connectivity index (χ1) is 22.5. The number of benzene rings is 3. The molecule has 0 unspecified atom stereocenters. The van der Waals surface area contributed by atoms with Gasteiger partial charge in [0, 0.05) is 42.0 Å². The molecule has 1 N–H and O–H groups in total. The fraction of sp³-hybridized carbons (Fsp3) is 0.206. The smallest absolute Gasteiger partial charge is 0.339 e. The molecule has 3 aromatic carbocycles. The van der Waals surface area contributed by atoms with Gasteiger partial charge in [0.1, 0.15) is 41.4 Å². The molecule has 1 aliphatic rings. The standard InChI is InChI=1S/C34H30FN3O8S/c1-20-27-15-28-30(16-29(27)38(47(3,41)42)18-26(44-20)19-43-34(40)22-5-4-14-37-17-22)46-32(31(28)33(39)36-2)21-6-10-24(11-7-21)45-25-12-8-23(35)9-13-25/h4-17,20,26H,18-19H2,1-3H3,(H,36,39)/t20-,26-/m0/s1. The molecule has 11 nitrogen and oxygen atoms in total. The Morgan fingerprint density at radius 2 is 1.77 bits per heavy atom. The molecule has 0 spiro atoms. The third-order valence-electron chi connectivity index (χ3n) is 7.63. The van der Waals surface area contributed by atoms with E-state index in [1.807, 2.05) is 0 Å².